The van der Waals surface area contributed by atoms with Gasteiger partial charge in [-0.15, -0.1) is 16.8 Å². The molecule has 1 heterocycles. The lowest BCUT2D eigenvalue weighted by molar-refractivity contribution is 0.0953. The highest BCUT2D eigenvalue weighted by Crippen LogP contribution is 2.30. The van der Waals surface area contributed by atoms with Crippen LogP contribution in [0.5, 0.6) is 0 Å². The van der Waals surface area contributed by atoms with Crippen LogP contribution in [-0.4, -0.2) is 22.6 Å². The summed E-state index contributed by atoms with van der Waals surface area (Å²) in [5.74, 6) is -0.722. The van der Waals surface area contributed by atoms with Crippen molar-refractivity contribution in [1.82, 2.24) is 15.5 Å². The van der Waals surface area contributed by atoms with Crippen molar-refractivity contribution >= 4 is 22.5 Å². The molecule has 0 fully saturated rings. The maximum Gasteiger partial charge on any atom is 0.274 e. The number of aromatic nitrogens is 2. The number of nitrogens with zero attached hydrogens (tertiary/aromatic N) is 2. The molecule has 0 unspecified atom stereocenters. The minimum Gasteiger partial charge on any atom is -0.396 e. The number of carbonyl (C=O) groups is 1. The van der Waals surface area contributed by atoms with Crippen LogP contribution < -0.4 is 11.1 Å². The van der Waals surface area contributed by atoms with Gasteiger partial charge in [-0.2, -0.15) is 0 Å². The number of amides is 1. The monoisotopic (exact) mass is 322 g/mol. The molecule has 3 rings (SSSR count). The van der Waals surface area contributed by atoms with Crippen LogP contribution in [0.4, 0.5) is 10.1 Å². The molecule has 120 valence electrons. The Labute approximate surface area is 138 Å². The van der Waals surface area contributed by atoms with Gasteiger partial charge in [0.2, 0.25) is 0 Å². The molecule has 0 atom stereocenters. The van der Waals surface area contributed by atoms with Gasteiger partial charge in [-0.1, -0.05) is 36.4 Å². The van der Waals surface area contributed by atoms with Gasteiger partial charge < -0.3 is 11.1 Å². The molecule has 6 heteroatoms. The fraction of sp³-hybridized carbons (Fsp3) is 0.0556. The Bertz CT molecular complexity index is 922. The van der Waals surface area contributed by atoms with Crippen molar-refractivity contribution in [3.05, 3.63) is 66.6 Å². The Morgan fingerprint density at radius 3 is 2.67 bits per heavy atom. The number of nitrogens with one attached hydrogen (secondary N) is 1. The van der Waals surface area contributed by atoms with Crippen molar-refractivity contribution in [2.24, 2.45) is 0 Å². The zero-order valence-corrected chi connectivity index (χ0v) is 12.8. The lowest BCUT2D eigenvalue weighted by atomic mass is 10.0. The van der Waals surface area contributed by atoms with Crippen LogP contribution in [0.3, 0.4) is 0 Å². The summed E-state index contributed by atoms with van der Waals surface area (Å²) in [6.07, 6.45) is 1.56. The van der Waals surface area contributed by atoms with Crippen molar-refractivity contribution in [2.75, 3.05) is 12.3 Å². The van der Waals surface area contributed by atoms with E-state index in [0.29, 0.717) is 17.4 Å². The van der Waals surface area contributed by atoms with Crippen molar-refractivity contribution in [3.63, 3.8) is 0 Å². The summed E-state index contributed by atoms with van der Waals surface area (Å²) in [7, 11) is 0. The molecule has 5 nitrogen and oxygen atoms in total. The lowest BCUT2D eigenvalue weighted by Gasteiger charge is -2.10. The predicted molar refractivity (Wildman–Crippen MR) is 91.9 cm³/mol. The normalized spacial score (nSPS) is 10.5. The number of carbonyl (C=O) groups excluding carboxylic acids is 1. The number of fused-ring (bicyclic) bond motifs is 1. The second-order valence-corrected chi connectivity index (χ2v) is 5.17. The summed E-state index contributed by atoms with van der Waals surface area (Å²) in [5, 5.41) is 11.4. The lowest BCUT2D eigenvalue weighted by Crippen LogP contribution is -2.25. The van der Waals surface area contributed by atoms with Gasteiger partial charge >= 0.3 is 0 Å². The predicted octanol–water partition coefficient (Wildman–Crippen LogP) is 2.93. The summed E-state index contributed by atoms with van der Waals surface area (Å²) in [5.41, 5.74) is 8.56. The quantitative estimate of drug-likeness (QED) is 0.724. The molecule has 0 aliphatic carbocycles. The first kappa shape index (κ1) is 15.6. The highest BCUT2D eigenvalue weighted by Gasteiger charge is 2.16. The van der Waals surface area contributed by atoms with Gasteiger partial charge in [0.1, 0.15) is 11.3 Å². The van der Waals surface area contributed by atoms with E-state index >= 15 is 0 Å². The number of anilines is 1. The maximum atomic E-state index is 13.1. The fourth-order valence-electron chi connectivity index (χ4n) is 2.43. The smallest absolute Gasteiger partial charge is 0.274 e. The Morgan fingerprint density at radius 2 is 1.96 bits per heavy atom. The molecule has 3 aromatic rings. The minimum atomic E-state index is -0.408. The number of nitrogens with two attached hydrogens (primary N) is 1. The number of hydrogen-bond acceptors (Lipinski definition) is 4. The molecule has 1 amide bonds. The molecule has 0 saturated carbocycles. The topological polar surface area (TPSA) is 80.9 Å². The largest absolute Gasteiger partial charge is 0.396 e. The Balaban J connectivity index is 2.12. The molecule has 0 aliphatic heterocycles. The molecule has 0 radical (unpaired) electrons. The van der Waals surface area contributed by atoms with E-state index in [1.807, 2.05) is 12.1 Å². The van der Waals surface area contributed by atoms with Gasteiger partial charge in [-0.3, -0.25) is 4.79 Å². The van der Waals surface area contributed by atoms with E-state index in [0.717, 1.165) is 11.1 Å². The number of benzene rings is 2. The Kier molecular flexibility index (Phi) is 4.20. The van der Waals surface area contributed by atoms with Crippen LogP contribution >= 0.6 is 0 Å². The first-order chi connectivity index (χ1) is 11.6. The third-order valence-electron chi connectivity index (χ3n) is 3.61. The first-order valence-electron chi connectivity index (χ1n) is 7.31. The third-order valence-corrected chi connectivity index (χ3v) is 3.61. The van der Waals surface area contributed by atoms with E-state index in [2.05, 4.69) is 22.1 Å². The average Bonchev–Trinajstić information content (AvgIpc) is 2.60. The third kappa shape index (κ3) is 2.81. The van der Waals surface area contributed by atoms with Gasteiger partial charge in [0.05, 0.1) is 5.69 Å². The van der Waals surface area contributed by atoms with Gasteiger partial charge in [0.15, 0.2) is 5.69 Å². The second kappa shape index (κ2) is 6.45. The Hall–Kier alpha value is -3.28. The number of halogens is 1. The molecular formula is C18H15FN4O. The molecule has 3 N–H and O–H groups in total. The molecule has 0 aliphatic rings. The van der Waals surface area contributed by atoms with Crippen molar-refractivity contribution in [2.45, 2.75) is 0 Å². The van der Waals surface area contributed by atoms with Gasteiger partial charge in [0.25, 0.3) is 5.91 Å². The number of hydrogen-bond donors (Lipinski definition) is 2. The van der Waals surface area contributed by atoms with Gasteiger partial charge in [-0.25, -0.2) is 4.39 Å². The standard InChI is InChI=1S/C18H15FN4O/c1-2-10-21-18(24)17-15(20)14-5-3-4-13(16(14)22-23-17)11-6-8-12(19)9-7-11/h2-9H,1,10H2,(H2,20,22)(H,21,24). The van der Waals surface area contributed by atoms with Crippen LogP contribution in [0, 0.1) is 5.82 Å². The van der Waals surface area contributed by atoms with E-state index in [9.17, 15) is 9.18 Å². The van der Waals surface area contributed by atoms with Crippen LogP contribution in [0.2, 0.25) is 0 Å². The van der Waals surface area contributed by atoms with E-state index in [4.69, 9.17) is 5.73 Å². The van der Waals surface area contributed by atoms with Crippen molar-refractivity contribution in [1.29, 1.82) is 0 Å². The molecular weight excluding hydrogens is 307 g/mol. The molecule has 24 heavy (non-hydrogen) atoms. The molecule has 0 spiro atoms. The summed E-state index contributed by atoms with van der Waals surface area (Å²) < 4.78 is 13.1. The van der Waals surface area contributed by atoms with Crippen molar-refractivity contribution in [3.8, 4) is 11.1 Å². The van der Waals surface area contributed by atoms with E-state index in [-0.39, 0.29) is 17.2 Å². The zero-order chi connectivity index (χ0) is 17.1. The molecule has 2 aromatic carbocycles. The number of nitrogen functional groups attached to an aromatic ring is 1. The minimum absolute atomic E-state index is 0.0700. The molecule has 0 bridgehead atoms. The van der Waals surface area contributed by atoms with Gasteiger partial charge in [-0.05, 0) is 17.7 Å². The van der Waals surface area contributed by atoms with E-state index < -0.39 is 5.91 Å². The second-order valence-electron chi connectivity index (χ2n) is 5.17. The van der Waals surface area contributed by atoms with E-state index in [1.165, 1.54) is 12.1 Å². The van der Waals surface area contributed by atoms with Crippen LogP contribution in [0.15, 0.2) is 55.1 Å². The maximum absolute atomic E-state index is 13.1. The fourth-order valence-corrected chi connectivity index (χ4v) is 2.43. The first-order valence-corrected chi connectivity index (χ1v) is 7.31. The number of rotatable bonds is 4. The average molecular weight is 322 g/mol. The van der Waals surface area contributed by atoms with Crippen molar-refractivity contribution < 1.29 is 9.18 Å². The van der Waals surface area contributed by atoms with Crippen LogP contribution in [0.25, 0.3) is 22.0 Å². The highest BCUT2D eigenvalue weighted by molar-refractivity contribution is 6.07. The Morgan fingerprint density at radius 1 is 1.21 bits per heavy atom. The summed E-state index contributed by atoms with van der Waals surface area (Å²) in [6, 6.07) is 11.5. The SMILES string of the molecule is C=CCNC(=O)c1nnc2c(-c3ccc(F)cc3)cccc2c1N. The molecule has 0 saturated heterocycles. The summed E-state index contributed by atoms with van der Waals surface area (Å²) in [6.45, 7) is 3.85. The summed E-state index contributed by atoms with van der Waals surface area (Å²) in [4.78, 5) is 12.1. The van der Waals surface area contributed by atoms with E-state index in [1.54, 1.807) is 24.3 Å². The summed E-state index contributed by atoms with van der Waals surface area (Å²) >= 11 is 0. The van der Waals surface area contributed by atoms with Crippen LogP contribution in [-0.2, 0) is 0 Å². The molecule has 1 aromatic heterocycles. The highest BCUT2D eigenvalue weighted by atomic mass is 19.1. The zero-order valence-electron chi connectivity index (χ0n) is 12.8. The van der Waals surface area contributed by atoms with Gasteiger partial charge in [0, 0.05) is 17.5 Å². The van der Waals surface area contributed by atoms with Crippen LogP contribution in [0.1, 0.15) is 10.5 Å².